The van der Waals surface area contributed by atoms with Gasteiger partial charge >= 0.3 is 6.09 Å². The van der Waals surface area contributed by atoms with Crippen LogP contribution in [0.25, 0.3) is 5.82 Å². The van der Waals surface area contributed by atoms with E-state index in [4.69, 9.17) is 4.74 Å². The van der Waals surface area contributed by atoms with Crippen LogP contribution in [0.1, 0.15) is 19.8 Å². The van der Waals surface area contributed by atoms with Gasteiger partial charge in [0.25, 0.3) is 0 Å². The Kier molecular flexibility index (Phi) is 6.10. The summed E-state index contributed by atoms with van der Waals surface area (Å²) < 4.78 is 6.89. The fourth-order valence-corrected chi connectivity index (χ4v) is 3.98. The van der Waals surface area contributed by atoms with Crippen molar-refractivity contribution in [2.24, 2.45) is 5.92 Å². The summed E-state index contributed by atoms with van der Waals surface area (Å²) in [6.45, 7) is 5.91. The van der Waals surface area contributed by atoms with Crippen LogP contribution in [0.4, 0.5) is 10.6 Å². The van der Waals surface area contributed by atoms with Crippen LogP contribution in [-0.4, -0.2) is 87.2 Å². The van der Waals surface area contributed by atoms with E-state index in [-0.39, 0.29) is 17.9 Å². The molecule has 0 saturated carbocycles. The fourth-order valence-electron chi connectivity index (χ4n) is 3.98. The van der Waals surface area contributed by atoms with E-state index in [1.165, 1.54) is 0 Å². The smallest absolute Gasteiger partial charge is 0.409 e. The van der Waals surface area contributed by atoms with E-state index in [9.17, 15) is 9.59 Å². The van der Waals surface area contributed by atoms with Gasteiger partial charge in [-0.15, -0.1) is 0 Å². The largest absolute Gasteiger partial charge is 0.450 e. The van der Waals surface area contributed by atoms with E-state index in [1.807, 2.05) is 21.7 Å². The molecule has 0 spiro atoms. The van der Waals surface area contributed by atoms with Crippen LogP contribution in [0.2, 0.25) is 0 Å². The first-order chi connectivity index (χ1) is 14.7. The Hall–Kier alpha value is -3.17. The summed E-state index contributed by atoms with van der Waals surface area (Å²) in [5.74, 6) is 1.85. The first-order valence-electron chi connectivity index (χ1n) is 10.4. The van der Waals surface area contributed by atoms with Crippen LogP contribution in [0.15, 0.2) is 31.1 Å². The van der Waals surface area contributed by atoms with Crippen LogP contribution in [0.5, 0.6) is 0 Å². The lowest BCUT2D eigenvalue weighted by atomic mass is 9.95. The highest BCUT2D eigenvalue weighted by molar-refractivity contribution is 5.79. The van der Waals surface area contributed by atoms with Gasteiger partial charge in [0.15, 0.2) is 0 Å². The standard InChI is InChI=1S/C20H27N7O3/c1-2-30-20(29)26-11-9-25(10-12-26)19(28)16-3-6-24(7-4-16)17-13-18(23-14-22-17)27-8-5-21-15-27/h5,8,13-16H,2-4,6-7,9-12H2,1H3. The number of piperazine rings is 1. The molecule has 2 saturated heterocycles. The van der Waals surface area contributed by atoms with E-state index < -0.39 is 0 Å². The Balaban J connectivity index is 1.29. The van der Waals surface area contributed by atoms with Crippen molar-refractivity contribution in [2.75, 3.05) is 50.8 Å². The lowest BCUT2D eigenvalue weighted by Gasteiger charge is -2.38. The zero-order valence-electron chi connectivity index (χ0n) is 17.2. The number of rotatable bonds is 4. The van der Waals surface area contributed by atoms with Crippen molar-refractivity contribution in [2.45, 2.75) is 19.8 Å². The molecule has 0 radical (unpaired) electrons. The van der Waals surface area contributed by atoms with Gasteiger partial charge in [0.1, 0.15) is 24.3 Å². The van der Waals surface area contributed by atoms with Gasteiger partial charge < -0.3 is 19.4 Å². The van der Waals surface area contributed by atoms with Gasteiger partial charge in [-0.25, -0.2) is 19.7 Å². The third-order valence-corrected chi connectivity index (χ3v) is 5.69. The van der Waals surface area contributed by atoms with Crippen LogP contribution in [0, 0.1) is 5.92 Å². The number of carbonyl (C=O) groups excluding carboxylic acids is 2. The Morgan fingerprint density at radius 3 is 2.40 bits per heavy atom. The minimum absolute atomic E-state index is 0.0188. The number of imidazole rings is 1. The second-order valence-corrected chi connectivity index (χ2v) is 7.48. The van der Waals surface area contributed by atoms with E-state index in [2.05, 4.69) is 19.9 Å². The topological polar surface area (TPSA) is 96.7 Å². The number of ether oxygens (including phenoxy) is 1. The molecule has 0 N–H and O–H groups in total. The van der Waals surface area contributed by atoms with Crippen LogP contribution in [0.3, 0.4) is 0 Å². The Morgan fingerprint density at radius 1 is 1.03 bits per heavy atom. The van der Waals surface area contributed by atoms with Crippen molar-refractivity contribution in [3.63, 3.8) is 0 Å². The second-order valence-electron chi connectivity index (χ2n) is 7.48. The maximum atomic E-state index is 12.9. The minimum Gasteiger partial charge on any atom is -0.450 e. The molecule has 0 aliphatic carbocycles. The molecule has 2 aliphatic rings. The molecule has 2 aliphatic heterocycles. The lowest BCUT2D eigenvalue weighted by Crippen LogP contribution is -2.53. The quantitative estimate of drug-likeness (QED) is 0.742. The molecule has 10 nitrogen and oxygen atoms in total. The van der Waals surface area contributed by atoms with Gasteiger partial charge in [-0.2, -0.15) is 0 Å². The summed E-state index contributed by atoms with van der Waals surface area (Å²) in [7, 11) is 0. The van der Waals surface area contributed by atoms with E-state index >= 15 is 0 Å². The van der Waals surface area contributed by atoms with E-state index in [1.54, 1.807) is 30.7 Å². The van der Waals surface area contributed by atoms with Crippen LogP contribution in [-0.2, 0) is 9.53 Å². The third kappa shape index (κ3) is 4.37. The van der Waals surface area contributed by atoms with Gasteiger partial charge in [-0.05, 0) is 19.8 Å². The molecule has 2 aromatic heterocycles. The molecule has 4 rings (SSSR count). The molecule has 0 bridgehead atoms. The number of nitrogens with zero attached hydrogens (tertiary/aromatic N) is 7. The highest BCUT2D eigenvalue weighted by atomic mass is 16.6. The summed E-state index contributed by atoms with van der Waals surface area (Å²) in [5.41, 5.74) is 0. The predicted molar refractivity (Wildman–Crippen MR) is 109 cm³/mol. The predicted octanol–water partition coefficient (Wildman–Crippen LogP) is 1.18. The molecule has 0 atom stereocenters. The zero-order chi connectivity index (χ0) is 20.9. The van der Waals surface area contributed by atoms with Crippen molar-refractivity contribution < 1.29 is 14.3 Å². The number of carbonyl (C=O) groups is 2. The molecule has 2 fully saturated rings. The van der Waals surface area contributed by atoms with Crippen molar-refractivity contribution in [3.8, 4) is 5.82 Å². The number of piperidine rings is 1. The van der Waals surface area contributed by atoms with E-state index in [0.29, 0.717) is 32.8 Å². The van der Waals surface area contributed by atoms with Gasteiger partial charge in [0.05, 0.1) is 6.61 Å². The molecular formula is C20H27N7O3. The molecule has 0 aromatic carbocycles. The number of hydrogen-bond donors (Lipinski definition) is 0. The maximum absolute atomic E-state index is 12.9. The number of anilines is 1. The summed E-state index contributed by atoms with van der Waals surface area (Å²) in [4.78, 5) is 43.3. The average molecular weight is 413 g/mol. The normalized spacial score (nSPS) is 17.8. The molecule has 0 unspecified atom stereocenters. The summed E-state index contributed by atoms with van der Waals surface area (Å²) in [6, 6.07) is 1.94. The van der Waals surface area contributed by atoms with Crippen LogP contribution >= 0.6 is 0 Å². The summed E-state index contributed by atoms with van der Waals surface area (Å²) in [5, 5.41) is 0. The Bertz CT molecular complexity index is 857. The molecule has 2 aromatic rings. The first kappa shape index (κ1) is 20.1. The molecular weight excluding hydrogens is 386 g/mol. The second kappa shape index (κ2) is 9.10. The third-order valence-electron chi connectivity index (χ3n) is 5.69. The summed E-state index contributed by atoms with van der Waals surface area (Å²) >= 11 is 0. The van der Waals surface area contributed by atoms with Crippen molar-refractivity contribution >= 4 is 17.8 Å². The van der Waals surface area contributed by atoms with Gasteiger partial charge in [0.2, 0.25) is 5.91 Å². The molecule has 4 heterocycles. The number of aromatic nitrogens is 4. The molecule has 10 heteroatoms. The lowest BCUT2D eigenvalue weighted by molar-refractivity contribution is -0.137. The molecule has 30 heavy (non-hydrogen) atoms. The highest BCUT2D eigenvalue weighted by Gasteiger charge is 2.32. The average Bonchev–Trinajstić information content (AvgIpc) is 3.34. The van der Waals surface area contributed by atoms with Crippen molar-refractivity contribution in [3.05, 3.63) is 31.1 Å². The van der Waals surface area contributed by atoms with Gasteiger partial charge in [-0.1, -0.05) is 0 Å². The van der Waals surface area contributed by atoms with Crippen LogP contribution < -0.4 is 4.90 Å². The fraction of sp³-hybridized carbons (Fsp3) is 0.550. The Morgan fingerprint density at radius 2 is 1.73 bits per heavy atom. The van der Waals surface area contributed by atoms with E-state index in [0.717, 1.165) is 37.6 Å². The minimum atomic E-state index is -0.294. The summed E-state index contributed by atoms with van der Waals surface area (Å²) in [6.07, 6.45) is 8.12. The molecule has 2 amide bonds. The zero-order valence-corrected chi connectivity index (χ0v) is 17.2. The monoisotopic (exact) mass is 413 g/mol. The SMILES string of the molecule is CCOC(=O)N1CCN(C(=O)C2CCN(c3cc(-n4ccnc4)ncn3)CC2)CC1. The maximum Gasteiger partial charge on any atom is 0.409 e. The highest BCUT2D eigenvalue weighted by Crippen LogP contribution is 2.24. The van der Waals surface area contributed by atoms with Crippen molar-refractivity contribution in [1.82, 2.24) is 29.3 Å². The first-order valence-corrected chi connectivity index (χ1v) is 10.4. The van der Waals surface area contributed by atoms with Gasteiger partial charge in [0, 0.05) is 63.6 Å². The number of hydrogen-bond acceptors (Lipinski definition) is 7. The van der Waals surface area contributed by atoms with Gasteiger partial charge in [-0.3, -0.25) is 9.36 Å². The molecule has 160 valence electrons. The Labute approximate surface area is 175 Å². The number of amides is 2. The van der Waals surface area contributed by atoms with Crippen molar-refractivity contribution in [1.29, 1.82) is 0 Å².